The van der Waals surface area contributed by atoms with Crippen LogP contribution in [0.2, 0.25) is 0 Å². The topological polar surface area (TPSA) is 29.5 Å². The van der Waals surface area contributed by atoms with Gasteiger partial charge in [-0.05, 0) is 27.3 Å². The van der Waals surface area contributed by atoms with Gasteiger partial charge in [-0.25, -0.2) is 0 Å². The fourth-order valence-corrected chi connectivity index (χ4v) is 2.97. The van der Waals surface area contributed by atoms with E-state index in [1.165, 1.54) is 0 Å². The molecule has 1 aliphatic rings. The van der Waals surface area contributed by atoms with Crippen LogP contribution in [0.4, 0.5) is 0 Å². The minimum atomic E-state index is -0.184. The summed E-state index contributed by atoms with van der Waals surface area (Å²) >= 11 is 1.88. The molecule has 3 nitrogen and oxygen atoms in total. The Balaban J connectivity index is 2.39. The lowest BCUT2D eigenvalue weighted by atomic mass is 9.98. The third-order valence-electron chi connectivity index (χ3n) is 3.29. The first kappa shape index (κ1) is 14.0. The Bertz CT molecular complexity index is 243. The summed E-state index contributed by atoms with van der Waals surface area (Å²) in [6.07, 6.45) is 1.42. The van der Waals surface area contributed by atoms with Crippen LogP contribution in [0, 0.1) is 0 Å². The normalized spacial score (nSPS) is 23.4. The molecule has 0 aromatic rings. The zero-order chi connectivity index (χ0) is 12.2. The molecule has 0 radical (unpaired) electrons. The Hall–Kier alpha value is -0.0600. The molecule has 0 spiro atoms. The Morgan fingerprint density at radius 1 is 1.56 bits per heavy atom. The molecular formula is C12H23NO2S. The van der Waals surface area contributed by atoms with E-state index < -0.39 is 0 Å². The maximum Gasteiger partial charge on any atom is 0.150 e. The summed E-state index contributed by atoms with van der Waals surface area (Å²) in [5, 5.41) is 0. The molecule has 4 heteroatoms. The Kier molecular flexibility index (Phi) is 5.28. The number of Topliss-reactive ketones (excluding diaryl/α,β-unsaturated/α-hetero) is 1. The first-order chi connectivity index (χ1) is 7.46. The fourth-order valence-electron chi connectivity index (χ4n) is 1.72. The highest BCUT2D eigenvalue weighted by Crippen LogP contribution is 2.20. The van der Waals surface area contributed by atoms with Crippen LogP contribution >= 0.6 is 11.8 Å². The van der Waals surface area contributed by atoms with E-state index in [1.807, 2.05) is 32.7 Å². The second kappa shape index (κ2) is 6.03. The number of hydrogen-bond donors (Lipinski definition) is 0. The van der Waals surface area contributed by atoms with Crippen molar-refractivity contribution in [3.63, 3.8) is 0 Å². The molecule has 1 heterocycles. The van der Waals surface area contributed by atoms with Crippen molar-refractivity contribution in [3.8, 4) is 0 Å². The molecule has 1 saturated heterocycles. The Morgan fingerprint density at radius 3 is 2.81 bits per heavy atom. The van der Waals surface area contributed by atoms with E-state index in [-0.39, 0.29) is 11.6 Å². The van der Waals surface area contributed by atoms with Gasteiger partial charge >= 0.3 is 0 Å². The molecule has 0 aromatic heterocycles. The van der Waals surface area contributed by atoms with E-state index in [0.717, 1.165) is 24.5 Å². The maximum atomic E-state index is 12.1. The molecular weight excluding hydrogens is 222 g/mol. The second-order valence-electron chi connectivity index (χ2n) is 5.00. The number of rotatable bonds is 5. The molecule has 94 valence electrons. The molecule has 0 saturated carbocycles. The highest BCUT2D eigenvalue weighted by Gasteiger charge is 2.27. The second-order valence-corrected chi connectivity index (χ2v) is 6.15. The van der Waals surface area contributed by atoms with E-state index >= 15 is 0 Å². The fraction of sp³-hybridized carbons (Fsp3) is 0.917. The van der Waals surface area contributed by atoms with Gasteiger partial charge in [-0.2, -0.15) is 11.8 Å². The molecule has 1 atom stereocenters. The number of thioether (sulfide) groups is 1. The summed E-state index contributed by atoms with van der Waals surface area (Å²) in [5.74, 6) is 2.45. The minimum Gasteiger partial charge on any atom is -0.379 e. The predicted molar refractivity (Wildman–Crippen MR) is 69.1 cm³/mol. The van der Waals surface area contributed by atoms with Gasteiger partial charge in [0, 0.05) is 31.6 Å². The summed E-state index contributed by atoms with van der Waals surface area (Å²) in [7, 11) is 3.75. The largest absolute Gasteiger partial charge is 0.379 e. The first-order valence-corrected chi connectivity index (χ1v) is 6.97. The van der Waals surface area contributed by atoms with Gasteiger partial charge in [-0.3, -0.25) is 9.69 Å². The number of carbonyl (C=O) groups excluding carboxylic acids is 1. The van der Waals surface area contributed by atoms with E-state index in [0.29, 0.717) is 12.2 Å². The summed E-state index contributed by atoms with van der Waals surface area (Å²) in [6, 6.07) is 0.117. The van der Waals surface area contributed by atoms with E-state index in [4.69, 9.17) is 4.74 Å². The van der Waals surface area contributed by atoms with Crippen molar-refractivity contribution in [2.45, 2.75) is 38.3 Å². The third-order valence-corrected chi connectivity index (χ3v) is 4.32. The number of ether oxygens (including phenoxy) is 1. The number of carbonyl (C=O) groups is 1. The van der Waals surface area contributed by atoms with E-state index in [2.05, 4.69) is 4.90 Å². The van der Waals surface area contributed by atoms with Gasteiger partial charge in [-0.1, -0.05) is 0 Å². The van der Waals surface area contributed by atoms with Gasteiger partial charge in [-0.15, -0.1) is 0 Å². The van der Waals surface area contributed by atoms with Crippen LogP contribution in [-0.4, -0.2) is 54.5 Å². The molecule has 1 aliphatic heterocycles. The van der Waals surface area contributed by atoms with Crippen LogP contribution < -0.4 is 0 Å². The number of ketones is 1. The monoisotopic (exact) mass is 245 g/mol. The van der Waals surface area contributed by atoms with Crippen molar-refractivity contribution in [2.75, 3.05) is 32.2 Å². The number of nitrogens with zero attached hydrogens (tertiary/aromatic N) is 1. The van der Waals surface area contributed by atoms with Crippen molar-refractivity contribution in [3.05, 3.63) is 0 Å². The summed E-state index contributed by atoms with van der Waals surface area (Å²) in [4.78, 5) is 14.2. The standard InChI is InChI=1S/C12H23NO2S/c1-12(2,15-4)6-5-11(14)10-9-16-8-7-13(10)3/h10H,5-9H2,1-4H3. The van der Waals surface area contributed by atoms with Crippen molar-refractivity contribution in [2.24, 2.45) is 0 Å². The van der Waals surface area contributed by atoms with Crippen molar-refractivity contribution >= 4 is 17.5 Å². The van der Waals surface area contributed by atoms with Crippen LogP contribution in [0.1, 0.15) is 26.7 Å². The molecule has 0 amide bonds. The molecule has 0 aromatic carbocycles. The maximum absolute atomic E-state index is 12.1. The van der Waals surface area contributed by atoms with Gasteiger partial charge in [0.1, 0.15) is 0 Å². The zero-order valence-corrected chi connectivity index (χ0v) is 11.6. The summed E-state index contributed by atoms with van der Waals surface area (Å²) < 4.78 is 5.33. The van der Waals surface area contributed by atoms with Gasteiger partial charge in [0.25, 0.3) is 0 Å². The SMILES string of the molecule is COC(C)(C)CCC(=O)C1CSCCN1C. The lowest BCUT2D eigenvalue weighted by Crippen LogP contribution is -2.45. The smallest absolute Gasteiger partial charge is 0.150 e. The Labute approximate surface area is 103 Å². The quantitative estimate of drug-likeness (QED) is 0.739. The average Bonchev–Trinajstić information content (AvgIpc) is 2.27. The predicted octanol–water partition coefficient (Wildman–Crippen LogP) is 1.81. The molecule has 1 rings (SSSR count). The number of likely N-dealkylation sites (N-methyl/N-ethyl adjacent to an activating group) is 1. The molecule has 1 fully saturated rings. The number of hydrogen-bond acceptors (Lipinski definition) is 4. The molecule has 0 aliphatic carbocycles. The van der Waals surface area contributed by atoms with Crippen LogP contribution in [0.3, 0.4) is 0 Å². The van der Waals surface area contributed by atoms with E-state index in [9.17, 15) is 4.79 Å². The highest BCUT2D eigenvalue weighted by molar-refractivity contribution is 7.99. The molecule has 16 heavy (non-hydrogen) atoms. The first-order valence-electron chi connectivity index (χ1n) is 5.82. The van der Waals surface area contributed by atoms with Gasteiger partial charge in [0.05, 0.1) is 11.6 Å². The minimum absolute atomic E-state index is 0.117. The zero-order valence-electron chi connectivity index (χ0n) is 10.8. The van der Waals surface area contributed by atoms with Gasteiger partial charge in [0.2, 0.25) is 0 Å². The lowest BCUT2D eigenvalue weighted by Gasteiger charge is -2.31. The molecule has 0 bridgehead atoms. The molecule has 1 unspecified atom stereocenters. The third kappa shape index (κ3) is 4.07. The van der Waals surface area contributed by atoms with E-state index in [1.54, 1.807) is 7.11 Å². The van der Waals surface area contributed by atoms with Crippen LogP contribution in [0.25, 0.3) is 0 Å². The summed E-state index contributed by atoms with van der Waals surface area (Å²) in [5.41, 5.74) is -0.184. The van der Waals surface area contributed by atoms with Gasteiger partial charge in [0.15, 0.2) is 5.78 Å². The van der Waals surface area contributed by atoms with Crippen LogP contribution in [0.5, 0.6) is 0 Å². The average molecular weight is 245 g/mol. The summed E-state index contributed by atoms with van der Waals surface area (Å²) in [6.45, 7) is 5.08. The van der Waals surface area contributed by atoms with Crippen LogP contribution in [-0.2, 0) is 9.53 Å². The molecule has 0 N–H and O–H groups in total. The van der Waals surface area contributed by atoms with Gasteiger partial charge < -0.3 is 4.74 Å². The highest BCUT2D eigenvalue weighted by atomic mass is 32.2. The van der Waals surface area contributed by atoms with Crippen molar-refractivity contribution in [1.29, 1.82) is 0 Å². The lowest BCUT2D eigenvalue weighted by molar-refractivity contribution is -0.124. The van der Waals surface area contributed by atoms with Crippen molar-refractivity contribution < 1.29 is 9.53 Å². The Morgan fingerprint density at radius 2 is 2.25 bits per heavy atom. The van der Waals surface area contributed by atoms with Crippen LogP contribution in [0.15, 0.2) is 0 Å². The number of methoxy groups -OCH3 is 1. The van der Waals surface area contributed by atoms with Crippen molar-refractivity contribution in [1.82, 2.24) is 4.90 Å².